The summed E-state index contributed by atoms with van der Waals surface area (Å²) in [4.78, 5) is 23.2. The van der Waals surface area contributed by atoms with Crippen LogP contribution in [-0.4, -0.2) is 11.8 Å². The maximum absolute atomic E-state index is 13.6. The summed E-state index contributed by atoms with van der Waals surface area (Å²) in [6, 6.07) is 4.15. The number of hydrogen-bond donors (Lipinski definition) is 2. The molecule has 5 heteroatoms. The van der Waals surface area contributed by atoms with Crippen LogP contribution in [0, 0.1) is 17.7 Å². The first kappa shape index (κ1) is 13.5. The standard InChI is InChI=1S/C14H17FN2O2/c1-8(2)13(18)16-10-5-6-11(15)12(7-10)17-14(19)9-3-4-9/h5-9H,3-4H2,1-2H3,(H,16,18)(H,17,19). The molecule has 0 aliphatic heterocycles. The second kappa shape index (κ2) is 5.38. The Bertz CT molecular complexity index is 510. The number of benzene rings is 1. The van der Waals surface area contributed by atoms with E-state index in [9.17, 15) is 14.0 Å². The molecule has 0 heterocycles. The van der Waals surface area contributed by atoms with E-state index in [4.69, 9.17) is 0 Å². The van der Waals surface area contributed by atoms with Crippen LogP contribution < -0.4 is 10.6 Å². The van der Waals surface area contributed by atoms with E-state index in [2.05, 4.69) is 10.6 Å². The van der Waals surface area contributed by atoms with E-state index in [1.165, 1.54) is 18.2 Å². The highest BCUT2D eigenvalue weighted by Crippen LogP contribution is 2.31. The zero-order valence-corrected chi connectivity index (χ0v) is 11.0. The topological polar surface area (TPSA) is 58.2 Å². The summed E-state index contributed by atoms with van der Waals surface area (Å²) in [5.74, 6) is -0.961. The van der Waals surface area contributed by atoms with Gasteiger partial charge in [-0.15, -0.1) is 0 Å². The molecule has 0 spiro atoms. The van der Waals surface area contributed by atoms with Gasteiger partial charge in [0, 0.05) is 17.5 Å². The molecule has 102 valence electrons. The minimum absolute atomic E-state index is 0.00770. The van der Waals surface area contributed by atoms with Gasteiger partial charge >= 0.3 is 0 Å². The Morgan fingerprint density at radius 2 is 1.95 bits per heavy atom. The van der Waals surface area contributed by atoms with Crippen LogP contribution in [0.15, 0.2) is 18.2 Å². The molecule has 0 radical (unpaired) electrons. The fourth-order valence-corrected chi connectivity index (χ4v) is 1.57. The summed E-state index contributed by atoms with van der Waals surface area (Å²) >= 11 is 0. The maximum Gasteiger partial charge on any atom is 0.227 e. The van der Waals surface area contributed by atoms with Crippen molar-refractivity contribution in [2.45, 2.75) is 26.7 Å². The van der Waals surface area contributed by atoms with Gasteiger partial charge in [-0.2, -0.15) is 0 Å². The van der Waals surface area contributed by atoms with Gasteiger partial charge < -0.3 is 10.6 Å². The molecule has 0 saturated heterocycles. The first-order chi connectivity index (χ1) is 8.97. The van der Waals surface area contributed by atoms with Gasteiger partial charge in [-0.3, -0.25) is 9.59 Å². The molecular formula is C14H17FN2O2. The first-order valence-corrected chi connectivity index (χ1v) is 6.38. The summed E-state index contributed by atoms with van der Waals surface area (Å²) in [6.45, 7) is 3.54. The summed E-state index contributed by atoms with van der Waals surface area (Å²) in [5.41, 5.74) is 0.588. The molecule has 1 saturated carbocycles. The van der Waals surface area contributed by atoms with Crippen molar-refractivity contribution < 1.29 is 14.0 Å². The van der Waals surface area contributed by atoms with Crippen molar-refractivity contribution in [2.75, 3.05) is 10.6 Å². The average Bonchev–Trinajstić information content (AvgIpc) is 3.17. The van der Waals surface area contributed by atoms with Crippen molar-refractivity contribution >= 4 is 23.2 Å². The maximum atomic E-state index is 13.6. The van der Waals surface area contributed by atoms with Crippen LogP contribution in [0.5, 0.6) is 0 Å². The summed E-state index contributed by atoms with van der Waals surface area (Å²) in [5, 5.41) is 5.22. The first-order valence-electron chi connectivity index (χ1n) is 6.38. The molecule has 1 aromatic carbocycles. The molecule has 2 N–H and O–H groups in total. The molecule has 1 aliphatic carbocycles. The highest BCUT2D eigenvalue weighted by Gasteiger charge is 2.30. The van der Waals surface area contributed by atoms with Crippen molar-refractivity contribution in [3.8, 4) is 0 Å². The Hall–Kier alpha value is -1.91. The van der Waals surface area contributed by atoms with E-state index in [1.807, 2.05) is 0 Å². The van der Waals surface area contributed by atoms with Gasteiger partial charge in [-0.05, 0) is 31.0 Å². The number of nitrogens with one attached hydrogen (secondary N) is 2. The van der Waals surface area contributed by atoms with Gasteiger partial charge in [0.15, 0.2) is 0 Å². The van der Waals surface area contributed by atoms with Crippen molar-refractivity contribution in [3.05, 3.63) is 24.0 Å². The third-order valence-electron chi connectivity index (χ3n) is 2.96. The molecule has 1 aromatic rings. The Kier molecular flexibility index (Phi) is 3.83. The van der Waals surface area contributed by atoms with E-state index in [-0.39, 0.29) is 29.3 Å². The summed E-state index contributed by atoms with van der Waals surface area (Å²) in [6.07, 6.45) is 1.72. The largest absolute Gasteiger partial charge is 0.326 e. The zero-order valence-electron chi connectivity index (χ0n) is 11.0. The fraction of sp³-hybridized carbons (Fsp3) is 0.429. The molecule has 4 nitrogen and oxygen atoms in total. The van der Waals surface area contributed by atoms with Crippen LogP contribution >= 0.6 is 0 Å². The quantitative estimate of drug-likeness (QED) is 0.878. The molecule has 19 heavy (non-hydrogen) atoms. The molecule has 2 rings (SSSR count). The Morgan fingerprint density at radius 3 is 2.53 bits per heavy atom. The van der Waals surface area contributed by atoms with Gasteiger partial charge in [0.25, 0.3) is 0 Å². The average molecular weight is 264 g/mol. The molecule has 1 fully saturated rings. The lowest BCUT2D eigenvalue weighted by atomic mass is 10.2. The van der Waals surface area contributed by atoms with Crippen molar-refractivity contribution in [1.29, 1.82) is 0 Å². The molecule has 0 unspecified atom stereocenters. The Labute approximate surface area is 111 Å². The molecular weight excluding hydrogens is 247 g/mol. The van der Waals surface area contributed by atoms with Gasteiger partial charge in [0.1, 0.15) is 5.82 Å². The lowest BCUT2D eigenvalue weighted by molar-refractivity contribution is -0.119. The Morgan fingerprint density at radius 1 is 1.26 bits per heavy atom. The van der Waals surface area contributed by atoms with Gasteiger partial charge in [0.2, 0.25) is 11.8 Å². The van der Waals surface area contributed by atoms with Gasteiger partial charge in [-0.1, -0.05) is 13.8 Å². The smallest absolute Gasteiger partial charge is 0.227 e. The highest BCUT2D eigenvalue weighted by molar-refractivity contribution is 5.96. The summed E-state index contributed by atoms with van der Waals surface area (Å²) in [7, 11) is 0. The van der Waals surface area contributed by atoms with Crippen LogP contribution in [0.3, 0.4) is 0 Å². The monoisotopic (exact) mass is 264 g/mol. The predicted molar refractivity (Wildman–Crippen MR) is 71.2 cm³/mol. The number of anilines is 2. The number of hydrogen-bond acceptors (Lipinski definition) is 2. The van der Waals surface area contributed by atoms with E-state index in [0.29, 0.717) is 5.69 Å². The molecule has 2 amide bonds. The van der Waals surface area contributed by atoms with Gasteiger partial charge in [-0.25, -0.2) is 4.39 Å². The van der Waals surface area contributed by atoms with E-state index in [0.717, 1.165) is 12.8 Å². The molecule has 0 atom stereocenters. The minimum Gasteiger partial charge on any atom is -0.326 e. The number of carbonyl (C=O) groups excluding carboxylic acids is 2. The number of halogens is 1. The van der Waals surface area contributed by atoms with Crippen LogP contribution in [-0.2, 0) is 9.59 Å². The lowest BCUT2D eigenvalue weighted by Gasteiger charge is -2.11. The number of rotatable bonds is 4. The minimum atomic E-state index is -0.503. The van der Waals surface area contributed by atoms with Crippen molar-refractivity contribution in [1.82, 2.24) is 0 Å². The summed E-state index contributed by atoms with van der Waals surface area (Å²) < 4.78 is 13.6. The third kappa shape index (κ3) is 3.53. The molecule has 0 aromatic heterocycles. The predicted octanol–water partition coefficient (Wildman–Crippen LogP) is 2.77. The highest BCUT2D eigenvalue weighted by atomic mass is 19.1. The van der Waals surface area contributed by atoms with Crippen LogP contribution in [0.2, 0.25) is 0 Å². The van der Waals surface area contributed by atoms with E-state index < -0.39 is 5.82 Å². The van der Waals surface area contributed by atoms with Crippen LogP contribution in [0.25, 0.3) is 0 Å². The Balaban J connectivity index is 2.09. The van der Waals surface area contributed by atoms with Gasteiger partial charge in [0.05, 0.1) is 5.69 Å². The fourth-order valence-electron chi connectivity index (χ4n) is 1.57. The van der Waals surface area contributed by atoms with E-state index >= 15 is 0 Å². The lowest BCUT2D eigenvalue weighted by Crippen LogP contribution is -2.18. The van der Waals surface area contributed by atoms with E-state index in [1.54, 1.807) is 13.8 Å². The normalized spacial score (nSPS) is 14.3. The zero-order chi connectivity index (χ0) is 14.0. The van der Waals surface area contributed by atoms with Crippen LogP contribution in [0.1, 0.15) is 26.7 Å². The second-order valence-electron chi connectivity index (χ2n) is 5.10. The number of carbonyl (C=O) groups is 2. The number of amides is 2. The van der Waals surface area contributed by atoms with Crippen molar-refractivity contribution in [3.63, 3.8) is 0 Å². The third-order valence-corrected chi connectivity index (χ3v) is 2.96. The molecule has 0 bridgehead atoms. The van der Waals surface area contributed by atoms with Crippen molar-refractivity contribution in [2.24, 2.45) is 11.8 Å². The SMILES string of the molecule is CC(C)C(=O)Nc1ccc(F)c(NC(=O)C2CC2)c1. The molecule has 1 aliphatic rings. The second-order valence-corrected chi connectivity index (χ2v) is 5.10. The van der Waals surface area contributed by atoms with Crippen LogP contribution in [0.4, 0.5) is 15.8 Å².